The van der Waals surface area contributed by atoms with Gasteiger partial charge < -0.3 is 14.8 Å². The minimum Gasteiger partial charge on any atom is -0.353 e. The minimum absolute atomic E-state index is 0.0591. The van der Waals surface area contributed by atoms with Crippen molar-refractivity contribution in [3.05, 3.63) is 59.4 Å². The summed E-state index contributed by atoms with van der Waals surface area (Å²) in [5.41, 5.74) is 2.35. The van der Waals surface area contributed by atoms with Crippen LogP contribution in [0.5, 0.6) is 0 Å². The molecule has 1 atom stereocenters. The summed E-state index contributed by atoms with van der Waals surface area (Å²) in [5.74, 6) is -0.0918. The lowest BCUT2D eigenvalue weighted by molar-refractivity contribution is -0.127. The molecule has 1 aromatic carbocycles. The maximum atomic E-state index is 13.8. The highest BCUT2D eigenvalue weighted by Gasteiger charge is 2.57. The molecule has 31 heavy (non-hydrogen) atoms. The number of aryl methyl sites for hydroxylation is 1. The highest BCUT2D eigenvalue weighted by molar-refractivity contribution is 6.02. The largest absolute Gasteiger partial charge is 0.353 e. The molecule has 5 rings (SSSR count). The van der Waals surface area contributed by atoms with E-state index in [4.69, 9.17) is 0 Å². The first-order valence-corrected chi connectivity index (χ1v) is 11.9. The Hall–Kier alpha value is -2.56. The molecule has 2 saturated carbocycles. The van der Waals surface area contributed by atoms with Gasteiger partial charge >= 0.3 is 0 Å². The SMILES string of the molecule is Cn1cccc1CNC(=O)[C@H]1c2ccccc2C(=O)N(C2CCCCC2)C12CCCC2. The predicted octanol–water partition coefficient (Wildman–Crippen LogP) is 4.53. The number of benzene rings is 1. The van der Waals surface area contributed by atoms with Crippen molar-refractivity contribution in [3.63, 3.8) is 0 Å². The summed E-state index contributed by atoms with van der Waals surface area (Å²) in [6.45, 7) is 0.508. The molecule has 2 aromatic rings. The Morgan fingerprint density at radius 3 is 2.48 bits per heavy atom. The van der Waals surface area contributed by atoms with Gasteiger partial charge in [-0.25, -0.2) is 0 Å². The van der Waals surface area contributed by atoms with Crippen LogP contribution in [0.2, 0.25) is 0 Å². The van der Waals surface area contributed by atoms with E-state index in [1.165, 1.54) is 19.3 Å². The van der Waals surface area contributed by atoms with E-state index in [9.17, 15) is 9.59 Å². The molecular weight excluding hydrogens is 386 g/mol. The highest BCUT2D eigenvalue weighted by Crippen LogP contribution is 2.52. The Bertz CT molecular complexity index is 967. The second-order valence-corrected chi connectivity index (χ2v) is 9.63. The molecule has 3 aliphatic rings. The van der Waals surface area contributed by atoms with Gasteiger partial charge in [-0.1, -0.05) is 50.3 Å². The van der Waals surface area contributed by atoms with Gasteiger partial charge in [-0.3, -0.25) is 9.59 Å². The second kappa shape index (κ2) is 8.18. The van der Waals surface area contributed by atoms with Crippen molar-refractivity contribution >= 4 is 11.8 Å². The van der Waals surface area contributed by atoms with Crippen LogP contribution in [-0.4, -0.2) is 32.9 Å². The number of hydrogen-bond donors (Lipinski definition) is 1. The molecule has 0 bridgehead atoms. The lowest BCUT2D eigenvalue weighted by Crippen LogP contribution is -2.63. The molecule has 164 valence electrons. The van der Waals surface area contributed by atoms with Gasteiger partial charge in [0, 0.05) is 30.5 Å². The number of amides is 2. The van der Waals surface area contributed by atoms with Gasteiger partial charge in [0.2, 0.25) is 5.91 Å². The highest BCUT2D eigenvalue weighted by atomic mass is 16.2. The number of fused-ring (bicyclic) bond motifs is 1. The quantitative estimate of drug-likeness (QED) is 0.792. The van der Waals surface area contributed by atoms with Crippen LogP contribution in [0.15, 0.2) is 42.6 Å². The molecule has 1 aromatic heterocycles. The maximum absolute atomic E-state index is 13.8. The summed E-state index contributed by atoms with van der Waals surface area (Å²) in [4.78, 5) is 29.8. The molecule has 0 unspecified atom stereocenters. The topological polar surface area (TPSA) is 54.3 Å². The third kappa shape index (κ3) is 3.38. The lowest BCUT2D eigenvalue weighted by Gasteiger charge is -2.53. The fourth-order valence-electron chi connectivity index (χ4n) is 6.43. The van der Waals surface area contributed by atoms with E-state index in [0.717, 1.165) is 55.3 Å². The zero-order chi connectivity index (χ0) is 21.4. The molecule has 5 nitrogen and oxygen atoms in total. The number of aromatic nitrogens is 1. The van der Waals surface area contributed by atoms with Crippen LogP contribution in [0, 0.1) is 0 Å². The van der Waals surface area contributed by atoms with Crippen LogP contribution < -0.4 is 5.32 Å². The van der Waals surface area contributed by atoms with Gasteiger partial charge in [0.1, 0.15) is 0 Å². The first-order valence-electron chi connectivity index (χ1n) is 11.9. The Labute approximate surface area is 184 Å². The van der Waals surface area contributed by atoms with Crippen molar-refractivity contribution in [2.75, 3.05) is 0 Å². The van der Waals surface area contributed by atoms with E-state index in [1.54, 1.807) is 0 Å². The summed E-state index contributed by atoms with van der Waals surface area (Å²) < 4.78 is 2.04. The zero-order valence-electron chi connectivity index (χ0n) is 18.5. The van der Waals surface area contributed by atoms with Crippen molar-refractivity contribution in [3.8, 4) is 0 Å². The van der Waals surface area contributed by atoms with Crippen LogP contribution in [0.1, 0.15) is 85.3 Å². The van der Waals surface area contributed by atoms with Crippen molar-refractivity contribution < 1.29 is 9.59 Å². The summed E-state index contributed by atoms with van der Waals surface area (Å²) in [6, 6.07) is 12.1. The Morgan fingerprint density at radius 2 is 1.77 bits per heavy atom. The Balaban J connectivity index is 1.55. The van der Waals surface area contributed by atoms with E-state index in [0.29, 0.717) is 6.54 Å². The van der Waals surface area contributed by atoms with Gasteiger partial charge in [0.25, 0.3) is 5.91 Å². The number of hydrogen-bond acceptors (Lipinski definition) is 2. The fraction of sp³-hybridized carbons (Fsp3) is 0.538. The van der Waals surface area contributed by atoms with Crippen LogP contribution in [0.3, 0.4) is 0 Å². The smallest absolute Gasteiger partial charge is 0.254 e. The van der Waals surface area contributed by atoms with Crippen molar-refractivity contribution in [2.24, 2.45) is 7.05 Å². The molecule has 1 spiro atoms. The lowest BCUT2D eigenvalue weighted by atomic mass is 9.69. The van der Waals surface area contributed by atoms with Crippen LogP contribution in [0.25, 0.3) is 0 Å². The Morgan fingerprint density at radius 1 is 1.03 bits per heavy atom. The van der Waals surface area contributed by atoms with Gasteiger partial charge in [-0.05, 0) is 49.4 Å². The number of rotatable bonds is 4. The second-order valence-electron chi connectivity index (χ2n) is 9.63. The summed E-state index contributed by atoms with van der Waals surface area (Å²) >= 11 is 0. The van der Waals surface area contributed by atoms with E-state index in [-0.39, 0.29) is 29.3 Å². The average molecular weight is 420 g/mol. The average Bonchev–Trinajstić information content (AvgIpc) is 3.43. The molecule has 0 saturated heterocycles. The van der Waals surface area contributed by atoms with Gasteiger partial charge in [0.05, 0.1) is 18.0 Å². The van der Waals surface area contributed by atoms with Crippen molar-refractivity contribution in [1.82, 2.24) is 14.8 Å². The number of nitrogens with one attached hydrogen (secondary N) is 1. The monoisotopic (exact) mass is 419 g/mol. The summed E-state index contributed by atoms with van der Waals surface area (Å²) in [5, 5.41) is 3.23. The van der Waals surface area contributed by atoms with E-state index < -0.39 is 0 Å². The third-order valence-electron chi connectivity index (χ3n) is 7.90. The number of nitrogens with zero attached hydrogens (tertiary/aromatic N) is 2. The first kappa shape index (κ1) is 20.3. The Kier molecular flexibility index (Phi) is 5.37. The molecule has 5 heteroatoms. The normalized spacial score (nSPS) is 23.2. The van der Waals surface area contributed by atoms with Crippen molar-refractivity contribution in [1.29, 1.82) is 0 Å². The van der Waals surface area contributed by atoms with E-state index in [2.05, 4.69) is 10.2 Å². The summed E-state index contributed by atoms with van der Waals surface area (Å²) in [7, 11) is 2.00. The standard InChI is InChI=1S/C26H33N3O2/c1-28-17-9-12-20(28)18-27-24(30)23-21-13-5-6-14-22(21)25(31)29(19-10-3-2-4-11-19)26(23)15-7-8-16-26/h5-6,9,12-14,17,19,23H,2-4,7-8,10-11,15-16,18H2,1H3,(H,27,30)/t23-/m1/s1. The minimum atomic E-state index is -0.383. The van der Waals surface area contributed by atoms with E-state index in [1.807, 2.05) is 54.2 Å². The first-order chi connectivity index (χ1) is 15.1. The molecule has 2 amide bonds. The third-order valence-corrected chi connectivity index (χ3v) is 7.90. The number of carbonyl (C=O) groups is 2. The van der Waals surface area contributed by atoms with Gasteiger partial charge in [-0.2, -0.15) is 0 Å². The van der Waals surface area contributed by atoms with Crippen molar-refractivity contribution in [2.45, 2.75) is 81.8 Å². The molecule has 1 N–H and O–H groups in total. The molecule has 1 aliphatic heterocycles. The maximum Gasteiger partial charge on any atom is 0.254 e. The summed E-state index contributed by atoms with van der Waals surface area (Å²) in [6.07, 6.45) is 11.7. The molecule has 2 aliphatic carbocycles. The van der Waals surface area contributed by atoms with E-state index >= 15 is 0 Å². The van der Waals surface area contributed by atoms with Gasteiger partial charge in [0.15, 0.2) is 0 Å². The zero-order valence-corrected chi connectivity index (χ0v) is 18.5. The number of carbonyl (C=O) groups excluding carboxylic acids is 2. The van der Waals surface area contributed by atoms with Gasteiger partial charge in [-0.15, -0.1) is 0 Å². The molecule has 0 radical (unpaired) electrons. The molecule has 2 fully saturated rings. The predicted molar refractivity (Wildman–Crippen MR) is 121 cm³/mol. The van der Waals surface area contributed by atoms with Crippen LogP contribution in [-0.2, 0) is 18.4 Å². The van der Waals surface area contributed by atoms with Crippen LogP contribution in [0.4, 0.5) is 0 Å². The van der Waals surface area contributed by atoms with Crippen LogP contribution >= 0.6 is 0 Å². The fourth-order valence-corrected chi connectivity index (χ4v) is 6.43. The molecular formula is C26H33N3O2. The molecule has 2 heterocycles.